The molecule has 224 valence electrons. The highest BCUT2D eigenvalue weighted by Crippen LogP contribution is 2.42. The van der Waals surface area contributed by atoms with E-state index in [1.807, 2.05) is 77.9 Å². The van der Waals surface area contributed by atoms with Gasteiger partial charge in [0.15, 0.2) is 28.8 Å². The summed E-state index contributed by atoms with van der Waals surface area (Å²) in [4.78, 5) is 4.57. The summed E-state index contributed by atoms with van der Waals surface area (Å²) >= 11 is 0. The summed E-state index contributed by atoms with van der Waals surface area (Å²) < 4.78 is 31.8. The van der Waals surface area contributed by atoms with Crippen molar-refractivity contribution < 1.29 is 8.42 Å². The van der Waals surface area contributed by atoms with E-state index in [1.54, 1.807) is 53.2 Å². The van der Waals surface area contributed by atoms with Gasteiger partial charge in [-0.05, 0) is 24.3 Å². The third-order valence-electron chi connectivity index (χ3n) is 7.03. The number of pyridine rings is 1. The minimum absolute atomic E-state index is 0.0269. The fraction of sp³-hybridized carbons (Fsp3) is 0.250. The van der Waals surface area contributed by atoms with Gasteiger partial charge in [-0.2, -0.15) is 24.5 Å². The summed E-state index contributed by atoms with van der Waals surface area (Å²) in [7, 11) is -4.08. The lowest BCUT2D eigenvalue weighted by Gasteiger charge is -2.17. The van der Waals surface area contributed by atoms with E-state index in [1.165, 1.54) is 4.68 Å². The number of rotatable bonds is 6. The van der Waals surface area contributed by atoms with Gasteiger partial charge in [0.25, 0.3) is 0 Å². The van der Waals surface area contributed by atoms with Gasteiger partial charge in [0.2, 0.25) is 9.84 Å². The molecule has 0 unspecified atom stereocenters. The van der Waals surface area contributed by atoms with Crippen molar-refractivity contribution in [3.05, 3.63) is 96.4 Å². The maximum absolute atomic E-state index is 14.3. The molecule has 0 spiro atoms. The molecule has 0 fully saturated rings. The first-order chi connectivity index (χ1) is 20.9. The Kier molecular flexibility index (Phi) is 7.04. The van der Waals surface area contributed by atoms with Crippen molar-refractivity contribution in [2.75, 3.05) is 0 Å². The second-order valence-electron chi connectivity index (χ2n) is 12.5. The van der Waals surface area contributed by atoms with Crippen molar-refractivity contribution in [2.45, 2.75) is 62.2 Å². The topological polar surface area (TPSA) is 136 Å². The maximum atomic E-state index is 14.3. The minimum Gasteiger partial charge on any atom is -0.257 e. The molecule has 12 heteroatoms. The van der Waals surface area contributed by atoms with E-state index in [4.69, 9.17) is 15.3 Å². The van der Waals surface area contributed by atoms with Crippen LogP contribution in [-0.2, 0) is 20.7 Å². The molecule has 1 N–H and O–H groups in total. The van der Waals surface area contributed by atoms with E-state index in [2.05, 4.69) is 20.3 Å². The van der Waals surface area contributed by atoms with Crippen molar-refractivity contribution in [2.24, 2.45) is 10.2 Å². The molecule has 2 aromatic carbocycles. The normalized spacial score (nSPS) is 12.9. The first-order valence-electron chi connectivity index (χ1n) is 14.2. The molecule has 0 bridgehead atoms. The quantitative estimate of drug-likeness (QED) is 0.200. The van der Waals surface area contributed by atoms with E-state index in [-0.39, 0.29) is 15.6 Å². The second kappa shape index (κ2) is 10.6. The van der Waals surface area contributed by atoms with Crippen LogP contribution in [-0.4, -0.2) is 43.0 Å². The predicted molar refractivity (Wildman–Crippen MR) is 168 cm³/mol. The first-order valence-corrected chi connectivity index (χ1v) is 15.7. The van der Waals surface area contributed by atoms with Crippen molar-refractivity contribution in [1.82, 2.24) is 34.6 Å². The van der Waals surface area contributed by atoms with Crippen molar-refractivity contribution in [1.29, 1.82) is 0 Å². The molecule has 6 aromatic rings. The fourth-order valence-corrected chi connectivity index (χ4v) is 6.59. The zero-order valence-electron chi connectivity index (χ0n) is 25.4. The standard InChI is InChI=1S/C32H33N9O2S/c1-31(2,3)26-24(29-36-35-28(41(29)38-26)21-15-9-7-10-16-21)34-37-30-25(44(42,43)22-17-11-8-12-18-22)27(32(4,5)6)39-40(30)23-19-13-14-20-33-23/h7-20,36H,1-6H3/b37-34+. The van der Waals surface area contributed by atoms with E-state index in [9.17, 15) is 8.42 Å². The smallest absolute Gasteiger partial charge is 0.212 e. The molecule has 0 aliphatic carbocycles. The molecule has 6 rings (SSSR count). The molecular formula is C32H33N9O2S. The van der Waals surface area contributed by atoms with Gasteiger partial charge < -0.3 is 0 Å². The molecule has 0 amide bonds. The van der Waals surface area contributed by atoms with Crippen molar-refractivity contribution in [3.8, 4) is 17.2 Å². The Balaban J connectivity index is 1.64. The number of H-pyrrole nitrogens is 1. The lowest BCUT2D eigenvalue weighted by molar-refractivity contribution is 0.542. The van der Waals surface area contributed by atoms with Crippen LogP contribution in [0.1, 0.15) is 52.9 Å². The molecule has 0 radical (unpaired) electrons. The number of hydrogen-bond acceptors (Lipinski definition) is 8. The summed E-state index contributed by atoms with van der Waals surface area (Å²) in [6.07, 6.45) is 1.62. The molecule has 44 heavy (non-hydrogen) atoms. The molecule has 0 saturated carbocycles. The zero-order valence-corrected chi connectivity index (χ0v) is 26.2. The lowest BCUT2D eigenvalue weighted by atomic mass is 9.91. The Morgan fingerprint density at radius 1 is 0.750 bits per heavy atom. The van der Waals surface area contributed by atoms with Gasteiger partial charge in [-0.1, -0.05) is 96.1 Å². The Morgan fingerprint density at radius 2 is 1.39 bits per heavy atom. The van der Waals surface area contributed by atoms with Crippen molar-refractivity contribution >= 4 is 27.0 Å². The van der Waals surface area contributed by atoms with Gasteiger partial charge in [-0.25, -0.2) is 13.4 Å². The SMILES string of the molecule is CC(C)(C)c1nn(-c2ccccn2)c(/N=N/c2c(C(C)(C)C)nn3c(-c4ccccc4)n[nH]c23)c1S(=O)(=O)c1ccccc1. The van der Waals surface area contributed by atoms with Crippen molar-refractivity contribution in [3.63, 3.8) is 0 Å². The minimum atomic E-state index is -4.08. The van der Waals surface area contributed by atoms with E-state index in [0.717, 1.165) is 5.56 Å². The summed E-state index contributed by atoms with van der Waals surface area (Å²) in [5, 5.41) is 26.6. The summed E-state index contributed by atoms with van der Waals surface area (Å²) in [6.45, 7) is 11.8. The van der Waals surface area contributed by atoms with Crippen LogP contribution < -0.4 is 0 Å². The first kappa shape index (κ1) is 29.1. The predicted octanol–water partition coefficient (Wildman–Crippen LogP) is 7.15. The number of fused-ring (bicyclic) bond motifs is 1. The molecule has 0 saturated heterocycles. The van der Waals surface area contributed by atoms with E-state index >= 15 is 0 Å². The van der Waals surface area contributed by atoms with Crippen LogP contribution in [0, 0.1) is 0 Å². The van der Waals surface area contributed by atoms with Gasteiger partial charge >= 0.3 is 0 Å². The molecule has 4 aromatic heterocycles. The molecule has 0 aliphatic rings. The Hall–Kier alpha value is -4.97. The van der Waals surface area contributed by atoms with Gasteiger partial charge in [-0.3, -0.25) is 5.10 Å². The number of azo groups is 1. The Bertz CT molecular complexity index is 2080. The number of hydrogen-bond donors (Lipinski definition) is 1. The van der Waals surface area contributed by atoms with E-state index < -0.39 is 20.7 Å². The van der Waals surface area contributed by atoms with Crippen LogP contribution in [0.2, 0.25) is 0 Å². The number of sulfone groups is 1. The third-order valence-corrected chi connectivity index (χ3v) is 8.84. The Labute approximate surface area is 255 Å². The highest BCUT2D eigenvalue weighted by molar-refractivity contribution is 7.91. The lowest BCUT2D eigenvalue weighted by Crippen LogP contribution is -2.17. The zero-order chi connectivity index (χ0) is 31.3. The third kappa shape index (κ3) is 5.11. The molecule has 4 heterocycles. The molecule has 0 aliphatic heterocycles. The number of benzene rings is 2. The van der Waals surface area contributed by atoms with Gasteiger partial charge in [0, 0.05) is 22.6 Å². The van der Waals surface area contributed by atoms with Gasteiger partial charge in [0.1, 0.15) is 4.90 Å². The van der Waals surface area contributed by atoms with Crippen LogP contribution in [0.15, 0.2) is 105 Å². The maximum Gasteiger partial charge on any atom is 0.212 e. The molecule has 0 atom stereocenters. The van der Waals surface area contributed by atoms with Crippen LogP contribution in [0.4, 0.5) is 11.5 Å². The molecular weight excluding hydrogens is 574 g/mol. The number of nitrogens with one attached hydrogen (secondary N) is 1. The van der Waals surface area contributed by atoms with Crippen LogP contribution in [0.3, 0.4) is 0 Å². The van der Waals surface area contributed by atoms with Gasteiger partial charge in [-0.15, -0.1) is 10.2 Å². The average Bonchev–Trinajstić information content (AvgIpc) is 3.70. The largest absolute Gasteiger partial charge is 0.257 e. The highest BCUT2D eigenvalue weighted by Gasteiger charge is 2.37. The number of nitrogens with zero attached hydrogens (tertiary/aromatic N) is 8. The van der Waals surface area contributed by atoms with E-state index in [0.29, 0.717) is 34.4 Å². The highest BCUT2D eigenvalue weighted by atomic mass is 32.2. The Morgan fingerprint density at radius 3 is 2.00 bits per heavy atom. The number of aromatic nitrogens is 7. The summed E-state index contributed by atoms with van der Waals surface area (Å²) in [5.41, 5.74) is 1.79. The van der Waals surface area contributed by atoms with Gasteiger partial charge in [0.05, 0.1) is 16.3 Å². The number of aromatic amines is 1. The fourth-order valence-electron chi connectivity index (χ4n) is 4.86. The van der Waals surface area contributed by atoms with Crippen LogP contribution in [0.25, 0.3) is 22.9 Å². The average molecular weight is 608 g/mol. The second-order valence-corrected chi connectivity index (χ2v) is 14.4. The summed E-state index contributed by atoms with van der Waals surface area (Å²) in [6, 6.07) is 23.3. The van der Waals surface area contributed by atoms with Crippen LogP contribution >= 0.6 is 0 Å². The van der Waals surface area contributed by atoms with Crippen LogP contribution in [0.5, 0.6) is 0 Å². The monoisotopic (exact) mass is 607 g/mol. The summed E-state index contributed by atoms with van der Waals surface area (Å²) in [5.74, 6) is 1.07. The molecule has 11 nitrogen and oxygen atoms in total.